The highest BCUT2D eigenvalue weighted by Crippen LogP contribution is 2.26. The molecule has 0 aromatic rings. The third-order valence-corrected chi connectivity index (χ3v) is 5.83. The van der Waals surface area contributed by atoms with Crippen molar-refractivity contribution in [1.82, 2.24) is 10.2 Å². The maximum atomic E-state index is 6.19. The van der Waals surface area contributed by atoms with Gasteiger partial charge in [0.1, 0.15) is 0 Å². The number of hydrogen-bond donors (Lipinski definition) is 1. The SMILES string of the molecule is CCNC(=NCCCCSC)N1CCC(OCC2CCCC2)CC1. The van der Waals surface area contributed by atoms with Gasteiger partial charge in [-0.3, -0.25) is 4.99 Å². The molecule has 0 unspecified atom stereocenters. The van der Waals surface area contributed by atoms with Gasteiger partial charge in [0.2, 0.25) is 0 Å². The zero-order chi connectivity index (χ0) is 17.0. The second kappa shape index (κ2) is 12.0. The standard InChI is InChI=1S/C19H37N3OS/c1-3-20-19(21-12-6-7-15-24-2)22-13-10-18(11-14-22)23-16-17-8-4-5-9-17/h17-18H,3-16H2,1-2H3,(H,20,21). The summed E-state index contributed by atoms with van der Waals surface area (Å²) in [6.07, 6.45) is 13.0. The molecule has 1 aliphatic carbocycles. The minimum atomic E-state index is 0.464. The first-order valence-electron chi connectivity index (χ1n) is 9.97. The van der Waals surface area contributed by atoms with E-state index in [0.717, 1.165) is 57.5 Å². The summed E-state index contributed by atoms with van der Waals surface area (Å²) in [6, 6.07) is 0. The van der Waals surface area contributed by atoms with Crippen molar-refractivity contribution in [2.24, 2.45) is 10.9 Å². The molecule has 140 valence electrons. The van der Waals surface area contributed by atoms with E-state index in [0.29, 0.717) is 6.10 Å². The number of likely N-dealkylation sites (tertiary alicyclic amines) is 1. The van der Waals surface area contributed by atoms with Crippen LogP contribution >= 0.6 is 11.8 Å². The summed E-state index contributed by atoms with van der Waals surface area (Å²) in [5.74, 6) is 3.19. The van der Waals surface area contributed by atoms with Gasteiger partial charge >= 0.3 is 0 Å². The Morgan fingerprint density at radius 3 is 2.58 bits per heavy atom. The largest absolute Gasteiger partial charge is 0.378 e. The summed E-state index contributed by atoms with van der Waals surface area (Å²) in [4.78, 5) is 7.25. The number of nitrogens with one attached hydrogen (secondary N) is 1. The van der Waals surface area contributed by atoms with Crippen LogP contribution in [0.2, 0.25) is 0 Å². The van der Waals surface area contributed by atoms with E-state index >= 15 is 0 Å². The molecule has 1 N–H and O–H groups in total. The van der Waals surface area contributed by atoms with Gasteiger partial charge in [0.05, 0.1) is 6.10 Å². The van der Waals surface area contributed by atoms with Crippen LogP contribution < -0.4 is 5.32 Å². The Morgan fingerprint density at radius 2 is 1.92 bits per heavy atom. The number of piperidine rings is 1. The van der Waals surface area contributed by atoms with Crippen molar-refractivity contribution < 1.29 is 4.74 Å². The van der Waals surface area contributed by atoms with Crippen LogP contribution in [-0.2, 0) is 4.74 Å². The van der Waals surface area contributed by atoms with Crippen LogP contribution in [0.5, 0.6) is 0 Å². The average molecular weight is 356 g/mol. The van der Waals surface area contributed by atoms with E-state index in [1.165, 1.54) is 44.3 Å². The Labute approximate surface area is 153 Å². The lowest BCUT2D eigenvalue weighted by molar-refractivity contribution is 0.00102. The monoisotopic (exact) mass is 355 g/mol. The van der Waals surface area contributed by atoms with Crippen molar-refractivity contribution in [2.75, 3.05) is 44.8 Å². The molecule has 0 aromatic heterocycles. The highest BCUT2D eigenvalue weighted by Gasteiger charge is 2.23. The van der Waals surface area contributed by atoms with Crippen molar-refractivity contribution in [3.63, 3.8) is 0 Å². The lowest BCUT2D eigenvalue weighted by Gasteiger charge is -2.34. The highest BCUT2D eigenvalue weighted by molar-refractivity contribution is 7.98. The lowest BCUT2D eigenvalue weighted by Crippen LogP contribution is -2.47. The van der Waals surface area contributed by atoms with Gasteiger partial charge in [0.15, 0.2) is 5.96 Å². The van der Waals surface area contributed by atoms with Crippen molar-refractivity contribution in [2.45, 2.75) is 64.4 Å². The molecule has 0 amide bonds. The third kappa shape index (κ3) is 7.22. The number of hydrogen-bond acceptors (Lipinski definition) is 3. The second-order valence-electron chi connectivity index (χ2n) is 7.11. The van der Waals surface area contributed by atoms with Crippen LogP contribution in [0.4, 0.5) is 0 Å². The predicted molar refractivity (Wildman–Crippen MR) is 106 cm³/mol. The summed E-state index contributed by atoms with van der Waals surface area (Å²) < 4.78 is 6.19. The molecule has 1 saturated heterocycles. The van der Waals surface area contributed by atoms with Gasteiger partial charge in [0, 0.05) is 32.8 Å². The molecule has 4 nitrogen and oxygen atoms in total. The van der Waals surface area contributed by atoms with E-state index in [1.54, 1.807) is 0 Å². The van der Waals surface area contributed by atoms with Gasteiger partial charge in [-0.1, -0.05) is 12.8 Å². The first-order valence-corrected chi connectivity index (χ1v) is 11.4. The Hall–Kier alpha value is -0.420. The molecule has 0 radical (unpaired) electrons. The van der Waals surface area contributed by atoms with E-state index in [9.17, 15) is 0 Å². The van der Waals surface area contributed by atoms with Gasteiger partial charge in [-0.05, 0) is 63.4 Å². The molecule has 1 aliphatic heterocycles. The molecule has 0 spiro atoms. The van der Waals surface area contributed by atoms with Crippen LogP contribution in [-0.4, -0.2) is 61.8 Å². The Morgan fingerprint density at radius 1 is 1.17 bits per heavy atom. The summed E-state index contributed by atoms with van der Waals surface area (Å²) in [6.45, 7) is 7.19. The maximum absolute atomic E-state index is 6.19. The molecule has 1 saturated carbocycles. The van der Waals surface area contributed by atoms with Crippen molar-refractivity contribution in [1.29, 1.82) is 0 Å². The molecule has 0 aromatic carbocycles. The molecule has 1 heterocycles. The van der Waals surface area contributed by atoms with E-state index in [-0.39, 0.29) is 0 Å². The predicted octanol–water partition coefficient (Wildman–Crippen LogP) is 3.77. The Kier molecular flexibility index (Phi) is 9.96. The van der Waals surface area contributed by atoms with Crippen molar-refractivity contribution >= 4 is 17.7 Å². The van der Waals surface area contributed by atoms with Gasteiger partial charge in [-0.15, -0.1) is 0 Å². The van der Waals surface area contributed by atoms with E-state index in [1.807, 2.05) is 11.8 Å². The minimum Gasteiger partial charge on any atom is -0.378 e. The Balaban J connectivity index is 1.67. The molecule has 24 heavy (non-hydrogen) atoms. The van der Waals surface area contributed by atoms with Crippen LogP contribution in [0, 0.1) is 5.92 Å². The molecule has 2 rings (SSSR count). The molecule has 0 bridgehead atoms. The fraction of sp³-hybridized carbons (Fsp3) is 0.947. The zero-order valence-electron chi connectivity index (χ0n) is 15.8. The van der Waals surface area contributed by atoms with Crippen molar-refractivity contribution in [3.05, 3.63) is 0 Å². The molecule has 2 aliphatic rings. The maximum Gasteiger partial charge on any atom is 0.193 e. The molecule has 2 fully saturated rings. The summed E-state index contributed by atoms with van der Waals surface area (Å²) in [5, 5.41) is 3.46. The number of ether oxygens (including phenoxy) is 1. The van der Waals surface area contributed by atoms with E-state index in [4.69, 9.17) is 9.73 Å². The summed E-state index contributed by atoms with van der Waals surface area (Å²) in [5.41, 5.74) is 0. The highest BCUT2D eigenvalue weighted by atomic mass is 32.2. The number of thioether (sulfide) groups is 1. The van der Waals surface area contributed by atoms with Crippen LogP contribution in [0.1, 0.15) is 58.3 Å². The Bertz CT molecular complexity index is 351. The van der Waals surface area contributed by atoms with Gasteiger partial charge in [-0.2, -0.15) is 11.8 Å². The first-order chi connectivity index (χ1) is 11.8. The van der Waals surface area contributed by atoms with Crippen LogP contribution in [0.3, 0.4) is 0 Å². The van der Waals surface area contributed by atoms with E-state index in [2.05, 4.69) is 23.4 Å². The molecule has 0 atom stereocenters. The summed E-state index contributed by atoms with van der Waals surface area (Å²) in [7, 11) is 0. The molecular formula is C19H37N3OS. The van der Waals surface area contributed by atoms with Gasteiger partial charge in [0.25, 0.3) is 0 Å². The second-order valence-corrected chi connectivity index (χ2v) is 8.09. The number of guanidine groups is 1. The number of aliphatic imine (C=N–C) groups is 1. The van der Waals surface area contributed by atoms with Gasteiger partial charge < -0.3 is 15.0 Å². The number of nitrogens with zero attached hydrogens (tertiary/aromatic N) is 2. The minimum absolute atomic E-state index is 0.464. The fourth-order valence-corrected chi connectivity index (χ4v) is 4.15. The molecule has 5 heteroatoms. The normalized spacial score (nSPS) is 20.8. The quantitative estimate of drug-likeness (QED) is 0.388. The zero-order valence-corrected chi connectivity index (χ0v) is 16.6. The average Bonchev–Trinajstić information content (AvgIpc) is 3.13. The fourth-order valence-electron chi connectivity index (χ4n) is 3.65. The first kappa shape index (κ1) is 19.9. The molecular weight excluding hydrogens is 318 g/mol. The van der Waals surface area contributed by atoms with Crippen molar-refractivity contribution in [3.8, 4) is 0 Å². The van der Waals surface area contributed by atoms with Crippen LogP contribution in [0.25, 0.3) is 0 Å². The number of rotatable bonds is 9. The van der Waals surface area contributed by atoms with Crippen LogP contribution in [0.15, 0.2) is 4.99 Å². The lowest BCUT2D eigenvalue weighted by atomic mass is 10.1. The summed E-state index contributed by atoms with van der Waals surface area (Å²) >= 11 is 1.92. The van der Waals surface area contributed by atoms with E-state index < -0.39 is 0 Å². The number of unbranched alkanes of at least 4 members (excludes halogenated alkanes) is 1. The topological polar surface area (TPSA) is 36.9 Å². The smallest absolute Gasteiger partial charge is 0.193 e. The third-order valence-electron chi connectivity index (χ3n) is 5.14. The van der Waals surface area contributed by atoms with Gasteiger partial charge in [-0.25, -0.2) is 0 Å².